The lowest BCUT2D eigenvalue weighted by Gasteiger charge is -2.16. The Morgan fingerprint density at radius 3 is 2.50 bits per heavy atom. The maximum Gasteiger partial charge on any atom is 0.0472 e. The van der Waals surface area contributed by atoms with E-state index in [1.165, 1.54) is 0 Å². The van der Waals surface area contributed by atoms with Gasteiger partial charge in [0.1, 0.15) is 0 Å². The summed E-state index contributed by atoms with van der Waals surface area (Å²) in [6.45, 7) is 1.60. The summed E-state index contributed by atoms with van der Waals surface area (Å²) in [5, 5.41) is 11.1. The first-order valence-electron chi connectivity index (χ1n) is 3.19. The highest BCUT2D eigenvalue weighted by atomic mass is 35.5. The molecule has 0 saturated carbocycles. The number of ether oxygens (including phenoxy) is 1. The van der Waals surface area contributed by atoms with E-state index in [0.29, 0.717) is 5.92 Å². The number of oxime groups is 1. The summed E-state index contributed by atoms with van der Waals surface area (Å²) in [7, 11) is 0. The molecule has 0 radical (unpaired) electrons. The van der Waals surface area contributed by atoms with Crippen LogP contribution < -0.4 is 0 Å². The average Bonchev–Trinajstić information content (AvgIpc) is 1.91. The van der Waals surface area contributed by atoms with Crippen LogP contribution in [0.3, 0.4) is 0 Å². The summed E-state index contributed by atoms with van der Waals surface area (Å²) >= 11 is 0. The van der Waals surface area contributed by atoms with Crippen LogP contribution in [-0.4, -0.2) is 24.6 Å². The maximum atomic E-state index is 8.15. The maximum absolute atomic E-state index is 8.15. The molecule has 1 heterocycles. The molecular weight excluding hydrogens is 154 g/mol. The topological polar surface area (TPSA) is 41.8 Å². The molecule has 0 atom stereocenters. The van der Waals surface area contributed by atoms with Gasteiger partial charge in [-0.2, -0.15) is 0 Å². The first-order valence-corrected chi connectivity index (χ1v) is 3.19. The van der Waals surface area contributed by atoms with Crippen molar-refractivity contribution in [3.8, 4) is 0 Å². The van der Waals surface area contributed by atoms with E-state index in [4.69, 9.17) is 9.94 Å². The zero-order valence-electron chi connectivity index (χ0n) is 5.69. The Labute approximate surface area is 66.5 Å². The van der Waals surface area contributed by atoms with Crippen molar-refractivity contribution in [3.05, 3.63) is 0 Å². The van der Waals surface area contributed by atoms with E-state index in [0.717, 1.165) is 26.1 Å². The Hall–Kier alpha value is -0.280. The largest absolute Gasteiger partial charge is 0.411 e. The fourth-order valence-corrected chi connectivity index (χ4v) is 0.959. The van der Waals surface area contributed by atoms with Gasteiger partial charge in [-0.05, 0) is 12.8 Å². The molecule has 1 N–H and O–H groups in total. The fourth-order valence-electron chi connectivity index (χ4n) is 0.959. The van der Waals surface area contributed by atoms with Gasteiger partial charge in [-0.1, -0.05) is 0 Å². The lowest BCUT2D eigenvalue weighted by Crippen LogP contribution is -2.16. The minimum absolute atomic E-state index is 0. The van der Waals surface area contributed by atoms with E-state index in [9.17, 15) is 0 Å². The number of nitrogens with zero attached hydrogens (tertiary/aromatic N) is 1. The third-order valence-corrected chi connectivity index (χ3v) is 1.54. The SMILES string of the molecule is Cl.O/N=C/C1CCOCC1. The summed E-state index contributed by atoms with van der Waals surface area (Å²) in [5.74, 6) is 0.434. The molecular formula is C6H12ClNO2. The van der Waals surface area contributed by atoms with E-state index in [1.54, 1.807) is 6.21 Å². The van der Waals surface area contributed by atoms with Gasteiger partial charge >= 0.3 is 0 Å². The zero-order chi connectivity index (χ0) is 6.53. The predicted molar refractivity (Wildman–Crippen MR) is 41.1 cm³/mol. The van der Waals surface area contributed by atoms with Crippen LogP contribution in [0, 0.1) is 5.92 Å². The summed E-state index contributed by atoms with van der Waals surface area (Å²) in [5.41, 5.74) is 0. The summed E-state index contributed by atoms with van der Waals surface area (Å²) < 4.78 is 5.10. The van der Waals surface area contributed by atoms with E-state index < -0.39 is 0 Å². The number of halogens is 1. The molecule has 0 bridgehead atoms. The van der Waals surface area contributed by atoms with Crippen molar-refractivity contribution in [2.24, 2.45) is 11.1 Å². The van der Waals surface area contributed by atoms with Crippen molar-refractivity contribution in [3.63, 3.8) is 0 Å². The minimum atomic E-state index is 0. The molecule has 0 aromatic carbocycles. The highest BCUT2D eigenvalue weighted by Gasteiger charge is 2.10. The van der Waals surface area contributed by atoms with Crippen LogP contribution in [0.25, 0.3) is 0 Å². The lowest BCUT2D eigenvalue weighted by atomic mass is 10.0. The van der Waals surface area contributed by atoms with Gasteiger partial charge in [0.25, 0.3) is 0 Å². The van der Waals surface area contributed by atoms with E-state index in [-0.39, 0.29) is 12.4 Å². The second-order valence-corrected chi connectivity index (χ2v) is 2.21. The molecule has 0 unspecified atom stereocenters. The standard InChI is InChI=1S/C6H11NO2.ClH/c8-7-5-6-1-3-9-4-2-6;/h5-6,8H,1-4H2;1H/b7-5+;. The summed E-state index contributed by atoms with van der Waals surface area (Å²) in [6, 6.07) is 0. The molecule has 1 fully saturated rings. The molecule has 60 valence electrons. The van der Waals surface area contributed by atoms with Crippen LogP contribution >= 0.6 is 12.4 Å². The molecule has 0 aliphatic carbocycles. The smallest absolute Gasteiger partial charge is 0.0472 e. The van der Waals surface area contributed by atoms with E-state index in [2.05, 4.69) is 5.16 Å². The van der Waals surface area contributed by atoms with Crippen LogP contribution in [0.1, 0.15) is 12.8 Å². The van der Waals surface area contributed by atoms with Crippen LogP contribution in [-0.2, 0) is 4.74 Å². The van der Waals surface area contributed by atoms with Crippen molar-refractivity contribution in [2.45, 2.75) is 12.8 Å². The van der Waals surface area contributed by atoms with Crippen molar-refractivity contribution in [1.82, 2.24) is 0 Å². The van der Waals surface area contributed by atoms with Gasteiger partial charge in [-0.3, -0.25) is 0 Å². The molecule has 4 heteroatoms. The van der Waals surface area contributed by atoms with Crippen molar-refractivity contribution in [2.75, 3.05) is 13.2 Å². The van der Waals surface area contributed by atoms with E-state index >= 15 is 0 Å². The highest BCUT2D eigenvalue weighted by Crippen LogP contribution is 2.11. The Balaban J connectivity index is 0.000000810. The molecule has 0 aromatic heterocycles. The first kappa shape index (κ1) is 9.72. The molecule has 1 rings (SSSR count). The molecule has 0 amide bonds. The van der Waals surface area contributed by atoms with Crippen molar-refractivity contribution in [1.29, 1.82) is 0 Å². The molecule has 0 aromatic rings. The monoisotopic (exact) mass is 165 g/mol. The van der Waals surface area contributed by atoms with Gasteiger partial charge in [-0.25, -0.2) is 0 Å². The molecule has 1 aliphatic heterocycles. The van der Waals surface area contributed by atoms with Gasteiger partial charge in [0.05, 0.1) is 0 Å². The van der Waals surface area contributed by atoms with Gasteiger partial charge in [-0.15, -0.1) is 17.6 Å². The van der Waals surface area contributed by atoms with Gasteiger partial charge < -0.3 is 9.94 Å². The molecule has 1 aliphatic rings. The fraction of sp³-hybridized carbons (Fsp3) is 0.833. The van der Waals surface area contributed by atoms with Crippen LogP contribution in [0.15, 0.2) is 5.16 Å². The number of rotatable bonds is 1. The van der Waals surface area contributed by atoms with Crippen molar-refractivity contribution >= 4 is 18.6 Å². The second kappa shape index (κ2) is 5.50. The van der Waals surface area contributed by atoms with Crippen LogP contribution in [0.2, 0.25) is 0 Å². The average molecular weight is 166 g/mol. The Bertz CT molecular complexity index is 102. The normalized spacial score (nSPS) is 20.8. The van der Waals surface area contributed by atoms with Gasteiger partial charge in [0.2, 0.25) is 0 Å². The summed E-state index contributed by atoms with van der Waals surface area (Å²) in [4.78, 5) is 0. The molecule has 10 heavy (non-hydrogen) atoms. The molecule has 0 spiro atoms. The Kier molecular flexibility index (Phi) is 5.35. The Morgan fingerprint density at radius 2 is 2.00 bits per heavy atom. The number of hydrogen-bond donors (Lipinski definition) is 1. The number of hydrogen-bond acceptors (Lipinski definition) is 3. The summed E-state index contributed by atoms with van der Waals surface area (Å²) in [6.07, 6.45) is 3.57. The second-order valence-electron chi connectivity index (χ2n) is 2.21. The van der Waals surface area contributed by atoms with Crippen LogP contribution in [0.4, 0.5) is 0 Å². The van der Waals surface area contributed by atoms with E-state index in [1.807, 2.05) is 0 Å². The van der Waals surface area contributed by atoms with Gasteiger partial charge in [0, 0.05) is 25.3 Å². The van der Waals surface area contributed by atoms with Crippen molar-refractivity contribution < 1.29 is 9.94 Å². The zero-order valence-corrected chi connectivity index (χ0v) is 6.51. The van der Waals surface area contributed by atoms with Crippen LogP contribution in [0.5, 0.6) is 0 Å². The minimum Gasteiger partial charge on any atom is -0.411 e. The highest BCUT2D eigenvalue weighted by molar-refractivity contribution is 5.85. The quantitative estimate of drug-likeness (QED) is 0.362. The Morgan fingerprint density at radius 1 is 1.40 bits per heavy atom. The molecule has 3 nitrogen and oxygen atoms in total. The first-order chi connectivity index (χ1) is 4.43. The third-order valence-electron chi connectivity index (χ3n) is 1.54. The molecule has 1 saturated heterocycles. The predicted octanol–water partition coefficient (Wildman–Crippen LogP) is 1.29. The van der Waals surface area contributed by atoms with Gasteiger partial charge in [0.15, 0.2) is 0 Å². The lowest BCUT2D eigenvalue weighted by molar-refractivity contribution is 0.0832. The third kappa shape index (κ3) is 3.03.